The van der Waals surface area contributed by atoms with Crippen LogP contribution in [0, 0.1) is 6.92 Å². The quantitative estimate of drug-likeness (QED) is 0.896. The summed E-state index contributed by atoms with van der Waals surface area (Å²) < 4.78 is 0. The third-order valence-electron chi connectivity index (χ3n) is 3.63. The molecular weight excluding hydrogens is 248 g/mol. The zero-order chi connectivity index (χ0) is 13.9. The van der Waals surface area contributed by atoms with E-state index < -0.39 is 0 Å². The highest BCUT2D eigenvalue weighted by atomic mass is 16.1. The van der Waals surface area contributed by atoms with Crippen LogP contribution in [0.3, 0.4) is 0 Å². The van der Waals surface area contributed by atoms with E-state index in [4.69, 9.17) is 0 Å². The summed E-state index contributed by atoms with van der Waals surface area (Å²) in [4.78, 5) is 12.2. The standard InChI is InChI=1S/C17H18N2O/c1-12-3-2-4-13(7-12)9-19-17(20)14-5-6-15-10-18-11-16(15)8-14/h2-8,18H,9-11H2,1H3,(H,19,20). The first-order valence-electron chi connectivity index (χ1n) is 6.88. The van der Waals surface area contributed by atoms with Gasteiger partial charge >= 0.3 is 0 Å². The van der Waals surface area contributed by atoms with Crippen LogP contribution < -0.4 is 10.6 Å². The molecule has 0 radical (unpaired) electrons. The summed E-state index contributed by atoms with van der Waals surface area (Å²) in [6.45, 7) is 4.38. The van der Waals surface area contributed by atoms with Crippen molar-refractivity contribution in [1.29, 1.82) is 0 Å². The molecule has 0 unspecified atom stereocenters. The maximum absolute atomic E-state index is 12.2. The van der Waals surface area contributed by atoms with Gasteiger partial charge in [0, 0.05) is 25.2 Å². The highest BCUT2D eigenvalue weighted by Gasteiger charge is 2.13. The zero-order valence-electron chi connectivity index (χ0n) is 11.6. The molecule has 0 aromatic heterocycles. The highest BCUT2D eigenvalue weighted by molar-refractivity contribution is 5.94. The minimum atomic E-state index is -0.0128. The molecule has 0 saturated heterocycles. The fraction of sp³-hybridized carbons (Fsp3) is 0.235. The smallest absolute Gasteiger partial charge is 0.251 e. The number of rotatable bonds is 3. The number of nitrogens with one attached hydrogen (secondary N) is 2. The van der Waals surface area contributed by atoms with E-state index in [2.05, 4.69) is 29.7 Å². The molecule has 0 fully saturated rings. The Bertz CT molecular complexity index is 649. The third-order valence-corrected chi connectivity index (χ3v) is 3.63. The Morgan fingerprint density at radius 1 is 1.15 bits per heavy atom. The van der Waals surface area contributed by atoms with E-state index in [0.717, 1.165) is 24.2 Å². The number of carbonyl (C=O) groups is 1. The Balaban J connectivity index is 1.67. The molecule has 0 spiro atoms. The predicted octanol–water partition coefficient (Wildman–Crippen LogP) is 2.53. The molecule has 0 saturated carbocycles. The molecule has 0 atom stereocenters. The average Bonchev–Trinajstić information content (AvgIpc) is 2.92. The highest BCUT2D eigenvalue weighted by Crippen LogP contribution is 2.17. The molecule has 0 bridgehead atoms. The Labute approximate surface area is 119 Å². The topological polar surface area (TPSA) is 41.1 Å². The van der Waals surface area contributed by atoms with Crippen molar-refractivity contribution < 1.29 is 4.79 Å². The average molecular weight is 266 g/mol. The van der Waals surface area contributed by atoms with E-state index in [1.54, 1.807) is 0 Å². The fourth-order valence-corrected chi connectivity index (χ4v) is 2.54. The first-order chi connectivity index (χ1) is 9.72. The van der Waals surface area contributed by atoms with Crippen LogP contribution in [0.2, 0.25) is 0 Å². The van der Waals surface area contributed by atoms with Gasteiger partial charge in [0.15, 0.2) is 0 Å². The van der Waals surface area contributed by atoms with Gasteiger partial charge in [-0.25, -0.2) is 0 Å². The van der Waals surface area contributed by atoms with Gasteiger partial charge in [0.25, 0.3) is 5.91 Å². The molecule has 0 aliphatic carbocycles. The molecule has 3 nitrogen and oxygen atoms in total. The molecule has 2 N–H and O–H groups in total. The van der Waals surface area contributed by atoms with Crippen molar-refractivity contribution in [2.45, 2.75) is 26.6 Å². The van der Waals surface area contributed by atoms with Crippen molar-refractivity contribution in [2.24, 2.45) is 0 Å². The van der Waals surface area contributed by atoms with Crippen molar-refractivity contribution in [3.05, 3.63) is 70.3 Å². The monoisotopic (exact) mass is 266 g/mol. The van der Waals surface area contributed by atoms with E-state index in [1.165, 1.54) is 16.7 Å². The third kappa shape index (κ3) is 2.73. The molecule has 3 rings (SSSR count). The van der Waals surface area contributed by atoms with Gasteiger partial charge < -0.3 is 10.6 Å². The molecule has 2 aromatic rings. The molecule has 3 heteroatoms. The number of benzene rings is 2. The van der Waals surface area contributed by atoms with Crippen LogP contribution in [0.1, 0.15) is 32.6 Å². The molecule has 1 amide bonds. The van der Waals surface area contributed by atoms with E-state index in [9.17, 15) is 4.79 Å². The zero-order valence-corrected chi connectivity index (χ0v) is 11.6. The Morgan fingerprint density at radius 2 is 2.00 bits per heavy atom. The van der Waals surface area contributed by atoms with E-state index in [1.807, 2.05) is 30.3 Å². The summed E-state index contributed by atoms with van der Waals surface area (Å²) in [5.74, 6) is -0.0128. The summed E-state index contributed by atoms with van der Waals surface area (Å²) in [5, 5.41) is 6.26. The number of amides is 1. The van der Waals surface area contributed by atoms with Crippen molar-refractivity contribution in [3.8, 4) is 0 Å². The van der Waals surface area contributed by atoms with Crippen molar-refractivity contribution in [3.63, 3.8) is 0 Å². The van der Waals surface area contributed by atoms with Crippen LogP contribution in [-0.4, -0.2) is 5.91 Å². The largest absolute Gasteiger partial charge is 0.348 e. The van der Waals surface area contributed by atoms with E-state index in [0.29, 0.717) is 6.54 Å². The molecule has 1 aliphatic heterocycles. The normalized spacial score (nSPS) is 13.1. The second-order valence-corrected chi connectivity index (χ2v) is 5.26. The maximum Gasteiger partial charge on any atom is 0.251 e. The van der Waals surface area contributed by atoms with Crippen LogP contribution in [0.5, 0.6) is 0 Å². The Hall–Kier alpha value is -2.13. The minimum Gasteiger partial charge on any atom is -0.348 e. The maximum atomic E-state index is 12.2. The second-order valence-electron chi connectivity index (χ2n) is 5.26. The molecule has 1 heterocycles. The van der Waals surface area contributed by atoms with Crippen molar-refractivity contribution in [1.82, 2.24) is 10.6 Å². The lowest BCUT2D eigenvalue weighted by Gasteiger charge is -2.07. The molecular formula is C17H18N2O. The van der Waals surface area contributed by atoms with Gasteiger partial charge in [-0.2, -0.15) is 0 Å². The lowest BCUT2D eigenvalue weighted by atomic mass is 10.1. The second kappa shape index (κ2) is 5.47. The van der Waals surface area contributed by atoms with Gasteiger partial charge in [0.2, 0.25) is 0 Å². The van der Waals surface area contributed by atoms with E-state index >= 15 is 0 Å². The van der Waals surface area contributed by atoms with Crippen LogP contribution in [0.25, 0.3) is 0 Å². The van der Waals surface area contributed by atoms with Crippen LogP contribution >= 0.6 is 0 Å². The Kier molecular flexibility index (Phi) is 3.52. The SMILES string of the molecule is Cc1cccc(CNC(=O)c2ccc3c(c2)CNC3)c1. The lowest BCUT2D eigenvalue weighted by molar-refractivity contribution is 0.0951. The van der Waals surface area contributed by atoms with Gasteiger partial charge in [-0.05, 0) is 35.7 Å². The lowest BCUT2D eigenvalue weighted by Crippen LogP contribution is -2.22. The summed E-state index contributed by atoms with van der Waals surface area (Å²) in [6.07, 6.45) is 0. The molecule has 1 aliphatic rings. The van der Waals surface area contributed by atoms with Gasteiger partial charge in [-0.1, -0.05) is 35.9 Å². The summed E-state index contributed by atoms with van der Waals surface area (Å²) >= 11 is 0. The summed E-state index contributed by atoms with van der Waals surface area (Å²) in [7, 11) is 0. The predicted molar refractivity (Wildman–Crippen MR) is 79.3 cm³/mol. The molecule has 20 heavy (non-hydrogen) atoms. The van der Waals surface area contributed by atoms with Gasteiger partial charge in [0.05, 0.1) is 0 Å². The van der Waals surface area contributed by atoms with Crippen LogP contribution in [0.15, 0.2) is 42.5 Å². The Morgan fingerprint density at radius 3 is 2.85 bits per heavy atom. The van der Waals surface area contributed by atoms with Gasteiger partial charge in [-0.3, -0.25) is 4.79 Å². The number of aryl methyl sites for hydroxylation is 1. The van der Waals surface area contributed by atoms with E-state index in [-0.39, 0.29) is 5.91 Å². The minimum absolute atomic E-state index is 0.0128. The fourth-order valence-electron chi connectivity index (χ4n) is 2.54. The van der Waals surface area contributed by atoms with Crippen LogP contribution in [-0.2, 0) is 19.6 Å². The van der Waals surface area contributed by atoms with Gasteiger partial charge in [-0.15, -0.1) is 0 Å². The molecule has 2 aromatic carbocycles. The van der Waals surface area contributed by atoms with Crippen LogP contribution in [0.4, 0.5) is 0 Å². The van der Waals surface area contributed by atoms with Crippen molar-refractivity contribution >= 4 is 5.91 Å². The number of hydrogen-bond donors (Lipinski definition) is 2. The number of carbonyl (C=O) groups excluding carboxylic acids is 1. The van der Waals surface area contributed by atoms with Crippen molar-refractivity contribution in [2.75, 3.05) is 0 Å². The summed E-state index contributed by atoms with van der Waals surface area (Å²) in [6, 6.07) is 14.1. The first kappa shape index (κ1) is 12.9. The number of fused-ring (bicyclic) bond motifs is 1. The first-order valence-corrected chi connectivity index (χ1v) is 6.88. The van der Waals surface area contributed by atoms with Gasteiger partial charge in [0.1, 0.15) is 0 Å². The molecule has 102 valence electrons. The number of hydrogen-bond acceptors (Lipinski definition) is 2. The summed E-state index contributed by atoms with van der Waals surface area (Å²) in [5.41, 5.74) is 5.59.